The number of rotatable bonds is 8. The number of carbonyl (C=O) groups excluding carboxylic acids is 1. The summed E-state index contributed by atoms with van der Waals surface area (Å²) in [6, 6.07) is 7.11. The molecular formula is C16H23NO4S. The summed E-state index contributed by atoms with van der Waals surface area (Å²) in [4.78, 5) is 23.4. The summed E-state index contributed by atoms with van der Waals surface area (Å²) in [6.07, 6.45) is 2.09. The Morgan fingerprint density at radius 3 is 2.68 bits per heavy atom. The maximum atomic E-state index is 12.2. The molecule has 0 aromatic heterocycles. The Labute approximate surface area is 135 Å². The zero-order valence-corrected chi connectivity index (χ0v) is 14.2. The summed E-state index contributed by atoms with van der Waals surface area (Å²) < 4.78 is 5.18. The second kappa shape index (κ2) is 8.08. The first-order chi connectivity index (χ1) is 10.3. The van der Waals surface area contributed by atoms with Gasteiger partial charge in [-0.25, -0.2) is 0 Å². The van der Waals surface area contributed by atoms with E-state index in [1.807, 2.05) is 13.2 Å². The lowest BCUT2D eigenvalue weighted by atomic mass is 9.88. The highest BCUT2D eigenvalue weighted by Gasteiger charge is 2.32. The highest BCUT2D eigenvalue weighted by Crippen LogP contribution is 2.28. The predicted octanol–water partition coefficient (Wildman–Crippen LogP) is 2.64. The number of carboxylic acid groups (broad SMARTS) is 1. The third-order valence-corrected chi connectivity index (χ3v) is 4.47. The molecule has 0 heterocycles. The third kappa shape index (κ3) is 5.26. The van der Waals surface area contributed by atoms with Gasteiger partial charge in [0.25, 0.3) is 0 Å². The van der Waals surface area contributed by atoms with E-state index in [-0.39, 0.29) is 17.6 Å². The molecule has 0 saturated carbocycles. The first kappa shape index (κ1) is 18.4. The van der Waals surface area contributed by atoms with Crippen molar-refractivity contribution in [2.24, 2.45) is 0 Å². The highest BCUT2D eigenvalue weighted by atomic mass is 32.2. The zero-order valence-electron chi connectivity index (χ0n) is 13.4. The van der Waals surface area contributed by atoms with Crippen molar-refractivity contribution in [3.8, 4) is 5.75 Å². The molecule has 5 nitrogen and oxygen atoms in total. The molecule has 2 unspecified atom stereocenters. The van der Waals surface area contributed by atoms with Crippen LogP contribution in [0.5, 0.6) is 5.75 Å². The molecule has 0 radical (unpaired) electrons. The minimum Gasteiger partial charge on any atom is -0.497 e. The number of carboxylic acids is 1. The van der Waals surface area contributed by atoms with Crippen molar-refractivity contribution < 1.29 is 19.4 Å². The molecule has 6 heteroatoms. The van der Waals surface area contributed by atoms with Gasteiger partial charge in [0.05, 0.1) is 19.1 Å². The van der Waals surface area contributed by atoms with Crippen molar-refractivity contribution in [2.75, 3.05) is 13.4 Å². The number of carbonyl (C=O) groups is 2. The van der Waals surface area contributed by atoms with Crippen molar-refractivity contribution in [1.82, 2.24) is 5.32 Å². The molecule has 2 atom stereocenters. The van der Waals surface area contributed by atoms with Gasteiger partial charge in [-0.1, -0.05) is 19.1 Å². The summed E-state index contributed by atoms with van der Waals surface area (Å²) in [5, 5.41) is 12.2. The first-order valence-electron chi connectivity index (χ1n) is 7.01. The molecule has 2 N–H and O–H groups in total. The first-order valence-corrected chi connectivity index (χ1v) is 8.29. The van der Waals surface area contributed by atoms with Crippen LogP contribution in [0.4, 0.5) is 0 Å². The maximum absolute atomic E-state index is 12.2. The van der Waals surface area contributed by atoms with E-state index in [0.717, 1.165) is 0 Å². The molecule has 0 saturated heterocycles. The number of hydrogen-bond donors (Lipinski definition) is 2. The second-order valence-corrected chi connectivity index (χ2v) is 6.71. The van der Waals surface area contributed by atoms with Crippen LogP contribution >= 0.6 is 11.8 Å². The fourth-order valence-corrected chi connectivity index (χ4v) is 2.51. The van der Waals surface area contributed by atoms with Crippen molar-refractivity contribution in [3.05, 3.63) is 29.8 Å². The van der Waals surface area contributed by atoms with Gasteiger partial charge in [0.15, 0.2) is 0 Å². The van der Waals surface area contributed by atoms with Crippen LogP contribution in [-0.2, 0) is 15.1 Å². The van der Waals surface area contributed by atoms with E-state index >= 15 is 0 Å². The minimum absolute atomic E-state index is 0.159. The standard InChI is InChI=1S/C16H23NO4S/c1-11(22-4)8-14(18)17-16(2,10-15(19)20)12-6-5-7-13(9-12)21-3/h5-7,9,11H,8,10H2,1-4H3,(H,17,18)(H,19,20). The Balaban J connectivity index is 3.03. The average Bonchev–Trinajstić information content (AvgIpc) is 2.46. The van der Waals surface area contributed by atoms with E-state index in [2.05, 4.69) is 5.32 Å². The van der Waals surface area contributed by atoms with Crippen molar-refractivity contribution in [1.29, 1.82) is 0 Å². The van der Waals surface area contributed by atoms with Gasteiger partial charge in [-0.2, -0.15) is 11.8 Å². The summed E-state index contributed by atoms with van der Waals surface area (Å²) in [7, 11) is 1.55. The normalized spacial score (nSPS) is 14.7. The Morgan fingerprint density at radius 2 is 2.14 bits per heavy atom. The maximum Gasteiger partial charge on any atom is 0.306 e. The molecule has 22 heavy (non-hydrogen) atoms. The molecule has 0 aliphatic rings. The quantitative estimate of drug-likeness (QED) is 0.768. The molecule has 1 rings (SSSR count). The lowest BCUT2D eigenvalue weighted by Gasteiger charge is -2.30. The summed E-state index contributed by atoms with van der Waals surface area (Å²) in [5.74, 6) is -0.502. The van der Waals surface area contributed by atoms with Crippen LogP contribution in [0.1, 0.15) is 32.3 Å². The molecular weight excluding hydrogens is 302 g/mol. The Bertz CT molecular complexity index is 535. The summed E-state index contributed by atoms with van der Waals surface area (Å²) >= 11 is 1.60. The molecule has 1 amide bonds. The number of amides is 1. The van der Waals surface area contributed by atoms with Crippen molar-refractivity contribution in [2.45, 2.75) is 37.5 Å². The molecule has 0 aliphatic carbocycles. The van der Waals surface area contributed by atoms with Crippen molar-refractivity contribution in [3.63, 3.8) is 0 Å². The number of aliphatic carboxylic acids is 1. The Morgan fingerprint density at radius 1 is 1.45 bits per heavy atom. The van der Waals surface area contributed by atoms with Gasteiger partial charge in [-0.3, -0.25) is 9.59 Å². The lowest BCUT2D eigenvalue weighted by Crippen LogP contribution is -2.45. The highest BCUT2D eigenvalue weighted by molar-refractivity contribution is 7.99. The fourth-order valence-electron chi connectivity index (χ4n) is 2.19. The van der Waals surface area contributed by atoms with E-state index in [1.165, 1.54) is 0 Å². The molecule has 0 bridgehead atoms. The van der Waals surface area contributed by atoms with E-state index in [4.69, 9.17) is 4.74 Å². The van der Waals surface area contributed by atoms with Crippen molar-refractivity contribution >= 4 is 23.6 Å². The topological polar surface area (TPSA) is 75.6 Å². The average molecular weight is 325 g/mol. The number of hydrogen-bond acceptors (Lipinski definition) is 4. The summed E-state index contributed by atoms with van der Waals surface area (Å²) in [6.45, 7) is 3.68. The predicted molar refractivity (Wildman–Crippen MR) is 88.3 cm³/mol. The second-order valence-electron chi connectivity index (χ2n) is 5.43. The number of ether oxygens (including phenoxy) is 1. The Kier molecular flexibility index (Phi) is 6.74. The number of benzene rings is 1. The minimum atomic E-state index is -0.977. The van der Waals surface area contributed by atoms with E-state index in [9.17, 15) is 14.7 Å². The summed E-state index contributed by atoms with van der Waals surface area (Å²) in [5.41, 5.74) is -0.269. The Hall–Kier alpha value is -1.69. The molecule has 122 valence electrons. The van der Waals surface area contributed by atoms with Gasteiger partial charge in [-0.15, -0.1) is 0 Å². The lowest BCUT2D eigenvalue weighted by molar-refractivity contribution is -0.139. The third-order valence-electron chi connectivity index (χ3n) is 3.50. The molecule has 1 aromatic carbocycles. The number of nitrogens with one attached hydrogen (secondary N) is 1. The fraction of sp³-hybridized carbons (Fsp3) is 0.500. The van der Waals surface area contributed by atoms with Crippen LogP contribution in [0.2, 0.25) is 0 Å². The molecule has 0 aliphatic heterocycles. The molecule has 0 fully saturated rings. The monoisotopic (exact) mass is 325 g/mol. The van der Waals surface area contributed by atoms with E-state index in [0.29, 0.717) is 17.7 Å². The SMILES string of the molecule is COc1cccc(C(C)(CC(=O)O)NC(=O)CC(C)SC)c1. The largest absolute Gasteiger partial charge is 0.497 e. The van der Waals surface area contributed by atoms with Crippen LogP contribution in [0, 0.1) is 0 Å². The zero-order chi connectivity index (χ0) is 16.8. The van der Waals surface area contributed by atoms with Crippen LogP contribution in [-0.4, -0.2) is 35.6 Å². The van der Waals surface area contributed by atoms with Gasteiger partial charge in [0.1, 0.15) is 5.75 Å². The number of methoxy groups -OCH3 is 1. The van der Waals surface area contributed by atoms with Gasteiger partial charge in [-0.05, 0) is 30.9 Å². The van der Waals surface area contributed by atoms with Gasteiger partial charge < -0.3 is 15.2 Å². The van der Waals surface area contributed by atoms with Gasteiger partial charge in [0, 0.05) is 11.7 Å². The number of thioether (sulfide) groups is 1. The van der Waals surface area contributed by atoms with E-state index < -0.39 is 11.5 Å². The van der Waals surface area contributed by atoms with Crippen LogP contribution in [0.25, 0.3) is 0 Å². The van der Waals surface area contributed by atoms with Gasteiger partial charge >= 0.3 is 5.97 Å². The molecule has 1 aromatic rings. The smallest absolute Gasteiger partial charge is 0.306 e. The van der Waals surface area contributed by atoms with Crippen LogP contribution < -0.4 is 10.1 Å². The van der Waals surface area contributed by atoms with Crippen LogP contribution in [0.3, 0.4) is 0 Å². The van der Waals surface area contributed by atoms with Gasteiger partial charge in [0.2, 0.25) is 5.91 Å². The van der Waals surface area contributed by atoms with E-state index in [1.54, 1.807) is 50.1 Å². The molecule has 0 spiro atoms. The van der Waals surface area contributed by atoms with Crippen LogP contribution in [0.15, 0.2) is 24.3 Å².